The fourth-order valence-electron chi connectivity index (χ4n) is 2.83. The molecule has 0 spiro atoms. The van der Waals surface area contributed by atoms with E-state index >= 15 is 0 Å². The number of rotatable bonds is 4. The summed E-state index contributed by atoms with van der Waals surface area (Å²) in [5.41, 5.74) is 1.39. The van der Waals surface area contributed by atoms with Gasteiger partial charge in [-0.2, -0.15) is 0 Å². The Kier molecular flexibility index (Phi) is 3.80. The number of aliphatic hydroxyl groups is 1. The van der Waals surface area contributed by atoms with Crippen LogP contribution in [0.5, 0.6) is 0 Å². The van der Waals surface area contributed by atoms with Crippen molar-refractivity contribution < 1.29 is 5.11 Å². The van der Waals surface area contributed by atoms with Gasteiger partial charge in [-0.05, 0) is 43.9 Å². The molecule has 2 unspecified atom stereocenters. The minimum absolute atomic E-state index is 0.0521. The number of hydrogen-bond acceptors (Lipinski definition) is 4. The van der Waals surface area contributed by atoms with Crippen LogP contribution in [0.3, 0.4) is 0 Å². The standard InChI is InChI=1S/C15H19N3O2/c19-13-5-4-11(7-13)9-16-10-12-8-15(20)18-6-2-1-3-14(18)17-12/h1-3,6,8,11,13,16,19H,4-5,7,9-10H2. The Balaban J connectivity index is 1.64. The second-order valence-electron chi connectivity index (χ2n) is 5.48. The SMILES string of the molecule is O=c1cc(CNCC2CCC(O)C2)nc2ccccn12. The van der Waals surface area contributed by atoms with Crippen LogP contribution in [0, 0.1) is 5.92 Å². The van der Waals surface area contributed by atoms with Gasteiger partial charge in [0.05, 0.1) is 11.8 Å². The molecule has 20 heavy (non-hydrogen) atoms. The molecule has 0 radical (unpaired) electrons. The maximum Gasteiger partial charge on any atom is 0.258 e. The number of aliphatic hydroxyl groups excluding tert-OH is 1. The highest BCUT2D eigenvalue weighted by Crippen LogP contribution is 2.24. The van der Waals surface area contributed by atoms with Crippen molar-refractivity contribution >= 4 is 5.65 Å². The van der Waals surface area contributed by atoms with Crippen LogP contribution >= 0.6 is 0 Å². The molecule has 0 aliphatic heterocycles. The number of pyridine rings is 1. The molecule has 3 rings (SSSR count). The molecule has 0 bridgehead atoms. The molecule has 2 aromatic rings. The number of fused-ring (bicyclic) bond motifs is 1. The lowest BCUT2D eigenvalue weighted by atomic mass is 10.1. The number of nitrogens with zero attached hydrogens (tertiary/aromatic N) is 2. The lowest BCUT2D eigenvalue weighted by Crippen LogP contribution is -2.24. The highest BCUT2D eigenvalue weighted by atomic mass is 16.3. The summed E-state index contributed by atoms with van der Waals surface area (Å²) < 4.78 is 1.54. The smallest absolute Gasteiger partial charge is 0.258 e. The third-order valence-electron chi connectivity index (χ3n) is 3.88. The van der Waals surface area contributed by atoms with Crippen molar-refractivity contribution in [3.05, 3.63) is 46.5 Å². The van der Waals surface area contributed by atoms with Crippen molar-refractivity contribution in [1.82, 2.24) is 14.7 Å². The van der Waals surface area contributed by atoms with E-state index in [1.54, 1.807) is 12.3 Å². The van der Waals surface area contributed by atoms with Crippen LogP contribution in [0.1, 0.15) is 25.0 Å². The first-order valence-electron chi connectivity index (χ1n) is 7.08. The summed E-state index contributed by atoms with van der Waals surface area (Å²) in [5.74, 6) is 0.534. The van der Waals surface area contributed by atoms with Gasteiger partial charge in [-0.1, -0.05) is 6.07 Å². The predicted molar refractivity (Wildman–Crippen MR) is 76.5 cm³/mol. The van der Waals surface area contributed by atoms with Crippen LogP contribution < -0.4 is 10.9 Å². The first-order valence-corrected chi connectivity index (χ1v) is 7.08. The van der Waals surface area contributed by atoms with Gasteiger partial charge < -0.3 is 10.4 Å². The zero-order chi connectivity index (χ0) is 13.9. The third-order valence-corrected chi connectivity index (χ3v) is 3.88. The molecule has 1 aliphatic rings. The highest BCUT2D eigenvalue weighted by molar-refractivity contribution is 5.37. The Morgan fingerprint density at radius 1 is 1.40 bits per heavy atom. The Morgan fingerprint density at radius 3 is 3.10 bits per heavy atom. The molecule has 5 heteroatoms. The monoisotopic (exact) mass is 273 g/mol. The lowest BCUT2D eigenvalue weighted by Gasteiger charge is -2.10. The Labute approximate surface area is 117 Å². The molecule has 2 N–H and O–H groups in total. The molecule has 0 saturated heterocycles. The van der Waals surface area contributed by atoms with Gasteiger partial charge >= 0.3 is 0 Å². The summed E-state index contributed by atoms with van der Waals surface area (Å²) in [5, 5.41) is 12.8. The maximum absolute atomic E-state index is 11.9. The Hall–Kier alpha value is -1.72. The molecule has 0 aromatic carbocycles. The van der Waals surface area contributed by atoms with E-state index in [1.807, 2.05) is 18.2 Å². The normalized spacial score (nSPS) is 22.4. The summed E-state index contributed by atoms with van der Waals surface area (Å²) >= 11 is 0. The lowest BCUT2D eigenvalue weighted by molar-refractivity contribution is 0.177. The zero-order valence-electron chi connectivity index (χ0n) is 11.3. The number of hydrogen-bond donors (Lipinski definition) is 2. The van der Waals surface area contributed by atoms with Crippen LogP contribution in [0.2, 0.25) is 0 Å². The van der Waals surface area contributed by atoms with E-state index < -0.39 is 0 Å². The molecule has 2 aromatic heterocycles. The molecule has 106 valence electrons. The van der Waals surface area contributed by atoms with Gasteiger partial charge in [0.15, 0.2) is 0 Å². The molecular weight excluding hydrogens is 254 g/mol. The number of aromatic nitrogens is 2. The van der Waals surface area contributed by atoms with E-state index in [2.05, 4.69) is 10.3 Å². The average molecular weight is 273 g/mol. The van der Waals surface area contributed by atoms with Gasteiger partial charge in [-0.3, -0.25) is 9.20 Å². The van der Waals surface area contributed by atoms with E-state index in [1.165, 1.54) is 4.40 Å². The van der Waals surface area contributed by atoms with Crippen molar-refractivity contribution in [2.45, 2.75) is 31.9 Å². The van der Waals surface area contributed by atoms with Crippen LogP contribution in [0.4, 0.5) is 0 Å². The molecule has 2 atom stereocenters. The summed E-state index contributed by atoms with van der Waals surface area (Å²) in [7, 11) is 0. The molecule has 1 saturated carbocycles. The molecule has 1 aliphatic carbocycles. The van der Waals surface area contributed by atoms with E-state index in [0.29, 0.717) is 18.1 Å². The average Bonchev–Trinajstić information content (AvgIpc) is 2.85. The third kappa shape index (κ3) is 2.89. The van der Waals surface area contributed by atoms with Gasteiger partial charge in [0, 0.05) is 18.8 Å². The van der Waals surface area contributed by atoms with Gasteiger partial charge in [-0.15, -0.1) is 0 Å². The Bertz CT molecular complexity index is 653. The molecule has 5 nitrogen and oxygen atoms in total. The molecule has 1 fully saturated rings. The van der Waals surface area contributed by atoms with Gasteiger partial charge in [0.2, 0.25) is 0 Å². The fourth-order valence-corrected chi connectivity index (χ4v) is 2.83. The van der Waals surface area contributed by atoms with Crippen LogP contribution in [-0.2, 0) is 6.54 Å². The van der Waals surface area contributed by atoms with E-state index in [4.69, 9.17) is 0 Å². The first-order chi connectivity index (χ1) is 9.72. The maximum atomic E-state index is 11.9. The van der Waals surface area contributed by atoms with Crippen molar-refractivity contribution in [3.63, 3.8) is 0 Å². The summed E-state index contributed by atoms with van der Waals surface area (Å²) in [6, 6.07) is 7.10. The van der Waals surface area contributed by atoms with E-state index in [0.717, 1.165) is 31.5 Å². The second kappa shape index (κ2) is 5.73. The Morgan fingerprint density at radius 2 is 2.30 bits per heavy atom. The molecule has 2 heterocycles. The largest absolute Gasteiger partial charge is 0.393 e. The van der Waals surface area contributed by atoms with Gasteiger partial charge in [-0.25, -0.2) is 4.98 Å². The molecular formula is C15H19N3O2. The highest BCUT2D eigenvalue weighted by Gasteiger charge is 2.22. The van der Waals surface area contributed by atoms with Crippen molar-refractivity contribution in [3.8, 4) is 0 Å². The summed E-state index contributed by atoms with van der Waals surface area (Å²) in [4.78, 5) is 16.4. The van der Waals surface area contributed by atoms with Crippen LogP contribution in [-0.4, -0.2) is 27.1 Å². The summed E-state index contributed by atoms with van der Waals surface area (Å²) in [6.07, 6.45) is 4.44. The van der Waals surface area contributed by atoms with Crippen LogP contribution in [0.25, 0.3) is 5.65 Å². The first kappa shape index (κ1) is 13.3. The van der Waals surface area contributed by atoms with Crippen LogP contribution in [0.15, 0.2) is 35.3 Å². The predicted octanol–water partition coefficient (Wildman–Crippen LogP) is 0.945. The molecule has 0 amide bonds. The minimum atomic E-state index is -0.134. The quantitative estimate of drug-likeness (QED) is 0.870. The van der Waals surface area contributed by atoms with E-state index in [-0.39, 0.29) is 11.7 Å². The van der Waals surface area contributed by atoms with Crippen molar-refractivity contribution in [2.75, 3.05) is 6.54 Å². The second-order valence-corrected chi connectivity index (χ2v) is 5.48. The summed E-state index contributed by atoms with van der Waals surface area (Å²) in [6.45, 7) is 1.46. The topological polar surface area (TPSA) is 66.6 Å². The zero-order valence-corrected chi connectivity index (χ0v) is 11.3. The van der Waals surface area contributed by atoms with Crippen molar-refractivity contribution in [1.29, 1.82) is 0 Å². The van der Waals surface area contributed by atoms with Gasteiger partial charge in [0.1, 0.15) is 5.65 Å². The minimum Gasteiger partial charge on any atom is -0.393 e. The van der Waals surface area contributed by atoms with Gasteiger partial charge in [0.25, 0.3) is 5.56 Å². The number of nitrogens with one attached hydrogen (secondary N) is 1. The van der Waals surface area contributed by atoms with E-state index in [9.17, 15) is 9.90 Å². The fraction of sp³-hybridized carbons (Fsp3) is 0.467. The van der Waals surface area contributed by atoms with Crippen molar-refractivity contribution in [2.24, 2.45) is 5.92 Å².